The molecule has 128 valence electrons. The van der Waals surface area contributed by atoms with Crippen LogP contribution in [0, 0.1) is 0 Å². The Hall–Kier alpha value is -0.710. The summed E-state index contributed by atoms with van der Waals surface area (Å²) in [7, 11) is 0. The number of piperidine rings is 1. The molecule has 1 aromatic rings. The molecule has 1 atom stereocenters. The molecule has 5 heteroatoms. The molecule has 1 N–H and O–H groups in total. The highest BCUT2D eigenvalue weighted by Gasteiger charge is 2.37. The molecule has 1 aliphatic rings. The summed E-state index contributed by atoms with van der Waals surface area (Å²) >= 11 is 7.95. The zero-order valence-corrected chi connectivity index (χ0v) is 15.5. The number of thioether (sulfide) groups is 1. The van der Waals surface area contributed by atoms with E-state index in [0.29, 0.717) is 31.0 Å². The fourth-order valence-corrected chi connectivity index (χ4v) is 4.35. The van der Waals surface area contributed by atoms with Crippen molar-refractivity contribution < 1.29 is 9.90 Å². The van der Waals surface area contributed by atoms with Crippen LogP contribution in [0.25, 0.3) is 0 Å². The second-order valence-electron chi connectivity index (χ2n) is 6.20. The van der Waals surface area contributed by atoms with E-state index < -0.39 is 5.60 Å². The van der Waals surface area contributed by atoms with Crippen molar-refractivity contribution in [2.45, 2.75) is 50.4 Å². The van der Waals surface area contributed by atoms with Crippen molar-refractivity contribution in [3.8, 4) is 0 Å². The van der Waals surface area contributed by atoms with Gasteiger partial charge in [0.05, 0.1) is 10.9 Å². The predicted octanol–water partition coefficient (Wildman–Crippen LogP) is 4.07. The second-order valence-corrected chi connectivity index (χ2v) is 8.06. The van der Waals surface area contributed by atoms with Crippen molar-refractivity contribution in [3.63, 3.8) is 0 Å². The van der Waals surface area contributed by atoms with Crippen LogP contribution >= 0.6 is 23.4 Å². The Bertz CT molecular complexity index is 530. The van der Waals surface area contributed by atoms with Crippen LogP contribution in [0.15, 0.2) is 24.3 Å². The third-order valence-electron chi connectivity index (χ3n) is 4.49. The maximum absolute atomic E-state index is 12.5. The summed E-state index contributed by atoms with van der Waals surface area (Å²) in [5, 5.41) is 11.5. The molecule has 3 nitrogen and oxygen atoms in total. The van der Waals surface area contributed by atoms with E-state index in [1.807, 2.05) is 30.0 Å². The molecule has 0 radical (unpaired) electrons. The summed E-state index contributed by atoms with van der Waals surface area (Å²) in [5.74, 6) is 1.22. The molecule has 1 unspecified atom stereocenters. The monoisotopic (exact) mass is 355 g/mol. The standard InChI is InChI=1S/C18H26ClNO2S/c1-3-4-13-23-14(2)17(21)20-11-9-18(22,10-12-20)15-7-5-6-8-16(15)19/h5-8,14,22H,3-4,9-13H2,1-2H3. The van der Waals surface area contributed by atoms with E-state index in [1.165, 1.54) is 0 Å². The van der Waals surface area contributed by atoms with Gasteiger partial charge in [0.15, 0.2) is 0 Å². The van der Waals surface area contributed by atoms with E-state index in [9.17, 15) is 9.90 Å². The van der Waals surface area contributed by atoms with Gasteiger partial charge in [-0.05, 0) is 38.0 Å². The minimum atomic E-state index is -0.923. The number of likely N-dealkylation sites (tertiary alicyclic amines) is 1. The molecule has 0 aromatic heterocycles. The number of carbonyl (C=O) groups is 1. The first-order chi connectivity index (χ1) is 11.0. The fourth-order valence-electron chi connectivity index (χ4n) is 2.94. The first kappa shape index (κ1) is 18.6. The lowest BCUT2D eigenvalue weighted by Crippen LogP contribution is -2.47. The quantitative estimate of drug-likeness (QED) is 0.782. The minimum Gasteiger partial charge on any atom is -0.385 e. The van der Waals surface area contributed by atoms with E-state index in [-0.39, 0.29) is 11.2 Å². The number of hydrogen-bond donors (Lipinski definition) is 1. The lowest BCUT2D eigenvalue weighted by atomic mass is 9.84. The summed E-state index contributed by atoms with van der Waals surface area (Å²) < 4.78 is 0. The van der Waals surface area contributed by atoms with Crippen LogP contribution in [0.1, 0.15) is 45.1 Å². The van der Waals surface area contributed by atoms with Gasteiger partial charge < -0.3 is 10.0 Å². The molecule has 0 aliphatic carbocycles. The number of rotatable bonds is 6. The van der Waals surface area contributed by atoms with Gasteiger partial charge in [-0.15, -0.1) is 11.8 Å². The Kier molecular flexibility index (Phi) is 6.81. The molecule has 0 spiro atoms. The van der Waals surface area contributed by atoms with Crippen LogP contribution in [0.4, 0.5) is 0 Å². The van der Waals surface area contributed by atoms with Crippen molar-refractivity contribution in [2.75, 3.05) is 18.8 Å². The molecular formula is C18H26ClNO2S. The largest absolute Gasteiger partial charge is 0.385 e. The van der Waals surface area contributed by atoms with Gasteiger partial charge in [-0.1, -0.05) is 43.1 Å². The Morgan fingerprint density at radius 2 is 2.04 bits per heavy atom. The van der Waals surface area contributed by atoms with Crippen molar-refractivity contribution in [1.82, 2.24) is 4.90 Å². The lowest BCUT2D eigenvalue weighted by Gasteiger charge is -2.39. The molecule has 0 saturated carbocycles. The van der Waals surface area contributed by atoms with Crippen LogP contribution in [0.3, 0.4) is 0 Å². The summed E-state index contributed by atoms with van der Waals surface area (Å²) in [6.45, 7) is 5.31. The first-order valence-corrected chi connectivity index (χ1v) is 9.78. The predicted molar refractivity (Wildman–Crippen MR) is 98.0 cm³/mol. The fraction of sp³-hybridized carbons (Fsp3) is 0.611. The van der Waals surface area contributed by atoms with Crippen molar-refractivity contribution in [2.24, 2.45) is 0 Å². The number of amides is 1. The van der Waals surface area contributed by atoms with Gasteiger partial charge in [-0.2, -0.15) is 0 Å². The van der Waals surface area contributed by atoms with Gasteiger partial charge in [0.25, 0.3) is 0 Å². The maximum atomic E-state index is 12.5. The van der Waals surface area contributed by atoms with Gasteiger partial charge >= 0.3 is 0 Å². The Balaban J connectivity index is 1.93. The summed E-state index contributed by atoms with van der Waals surface area (Å²) in [4.78, 5) is 14.4. The van der Waals surface area contributed by atoms with Gasteiger partial charge in [0.2, 0.25) is 5.91 Å². The molecule has 2 rings (SSSR count). The molecule has 1 fully saturated rings. The van der Waals surface area contributed by atoms with Crippen LogP contribution in [0.5, 0.6) is 0 Å². The number of halogens is 1. The topological polar surface area (TPSA) is 40.5 Å². The van der Waals surface area contributed by atoms with Gasteiger partial charge in [0, 0.05) is 23.7 Å². The average molecular weight is 356 g/mol. The second kappa shape index (κ2) is 8.41. The number of carbonyl (C=O) groups excluding carboxylic acids is 1. The third-order valence-corrected chi connectivity index (χ3v) is 6.05. The molecular weight excluding hydrogens is 330 g/mol. The Morgan fingerprint density at radius 1 is 1.39 bits per heavy atom. The van der Waals surface area contributed by atoms with Gasteiger partial charge in [0.1, 0.15) is 0 Å². The van der Waals surface area contributed by atoms with Crippen LogP contribution in [-0.4, -0.2) is 40.0 Å². The van der Waals surface area contributed by atoms with Gasteiger partial charge in [-0.25, -0.2) is 0 Å². The molecule has 1 heterocycles. The Morgan fingerprint density at radius 3 is 2.65 bits per heavy atom. The van der Waals surface area contributed by atoms with Crippen LogP contribution in [0.2, 0.25) is 5.02 Å². The highest BCUT2D eigenvalue weighted by molar-refractivity contribution is 8.00. The molecule has 0 bridgehead atoms. The van der Waals surface area contributed by atoms with Gasteiger partial charge in [-0.3, -0.25) is 4.79 Å². The van der Waals surface area contributed by atoms with Crippen molar-refractivity contribution in [1.29, 1.82) is 0 Å². The lowest BCUT2D eigenvalue weighted by molar-refractivity contribution is -0.134. The number of nitrogens with zero attached hydrogens (tertiary/aromatic N) is 1. The molecule has 1 aromatic carbocycles. The van der Waals surface area contributed by atoms with E-state index in [1.54, 1.807) is 17.8 Å². The van der Waals surface area contributed by atoms with Crippen LogP contribution in [-0.2, 0) is 10.4 Å². The Labute approximate surface area is 148 Å². The number of benzene rings is 1. The SMILES string of the molecule is CCCCSC(C)C(=O)N1CCC(O)(c2ccccc2Cl)CC1. The maximum Gasteiger partial charge on any atom is 0.235 e. The average Bonchev–Trinajstić information content (AvgIpc) is 2.55. The highest BCUT2D eigenvalue weighted by Crippen LogP contribution is 2.37. The summed E-state index contributed by atoms with van der Waals surface area (Å²) in [6, 6.07) is 7.44. The molecule has 1 saturated heterocycles. The highest BCUT2D eigenvalue weighted by atomic mass is 35.5. The smallest absolute Gasteiger partial charge is 0.235 e. The van der Waals surface area contributed by atoms with E-state index in [2.05, 4.69) is 6.92 Å². The van der Waals surface area contributed by atoms with E-state index in [4.69, 9.17) is 11.6 Å². The molecule has 23 heavy (non-hydrogen) atoms. The normalized spacial score (nSPS) is 18.7. The third kappa shape index (κ3) is 4.65. The number of unbranched alkanes of at least 4 members (excludes halogenated alkanes) is 1. The zero-order valence-electron chi connectivity index (χ0n) is 13.9. The van der Waals surface area contributed by atoms with Crippen molar-refractivity contribution >= 4 is 29.3 Å². The van der Waals surface area contributed by atoms with Crippen molar-refractivity contribution in [3.05, 3.63) is 34.9 Å². The van der Waals surface area contributed by atoms with E-state index in [0.717, 1.165) is 24.2 Å². The number of aliphatic hydroxyl groups is 1. The minimum absolute atomic E-state index is 0.00643. The zero-order chi connectivity index (χ0) is 16.9. The first-order valence-electron chi connectivity index (χ1n) is 8.35. The summed E-state index contributed by atoms with van der Waals surface area (Å²) in [6.07, 6.45) is 3.38. The number of hydrogen-bond acceptors (Lipinski definition) is 3. The molecule has 1 amide bonds. The van der Waals surface area contributed by atoms with E-state index >= 15 is 0 Å². The summed E-state index contributed by atoms with van der Waals surface area (Å²) in [5.41, 5.74) is -0.146. The van der Waals surface area contributed by atoms with Crippen LogP contribution < -0.4 is 0 Å². The molecule has 1 aliphatic heterocycles.